The van der Waals surface area contributed by atoms with Crippen molar-refractivity contribution in [2.24, 2.45) is 5.41 Å². The highest BCUT2D eigenvalue weighted by molar-refractivity contribution is 7.18. The van der Waals surface area contributed by atoms with Gasteiger partial charge in [0.1, 0.15) is 10.8 Å². The van der Waals surface area contributed by atoms with Crippen molar-refractivity contribution in [3.05, 3.63) is 57.6 Å². The third-order valence-electron chi connectivity index (χ3n) is 7.96. The number of hydrogen-bond donors (Lipinski definition) is 1. The van der Waals surface area contributed by atoms with Crippen LogP contribution in [-0.2, 0) is 33.7 Å². The van der Waals surface area contributed by atoms with Crippen molar-refractivity contribution in [1.29, 1.82) is 0 Å². The largest absolute Gasteiger partial charge is 0.496 e. The van der Waals surface area contributed by atoms with E-state index in [0.717, 1.165) is 36.3 Å². The van der Waals surface area contributed by atoms with Crippen molar-refractivity contribution < 1.29 is 32.6 Å². The van der Waals surface area contributed by atoms with E-state index in [1.165, 1.54) is 18.4 Å². The zero-order valence-corrected chi connectivity index (χ0v) is 24.7. The van der Waals surface area contributed by atoms with Gasteiger partial charge in [-0.15, -0.1) is 11.3 Å². The zero-order valence-electron chi connectivity index (χ0n) is 23.9. The van der Waals surface area contributed by atoms with E-state index in [4.69, 9.17) is 9.47 Å². The molecule has 0 bridgehead atoms. The van der Waals surface area contributed by atoms with Crippen LogP contribution in [0.2, 0.25) is 0 Å². The van der Waals surface area contributed by atoms with E-state index >= 15 is 0 Å². The number of aromatic nitrogens is 1. The van der Waals surface area contributed by atoms with Gasteiger partial charge in [0, 0.05) is 32.2 Å². The van der Waals surface area contributed by atoms with Crippen LogP contribution in [0.4, 0.5) is 8.78 Å². The number of rotatable bonds is 9. The summed E-state index contributed by atoms with van der Waals surface area (Å²) in [7, 11) is 3.53. The Morgan fingerprint density at radius 1 is 1.05 bits per heavy atom. The van der Waals surface area contributed by atoms with E-state index in [1.54, 1.807) is 17.0 Å². The molecule has 1 saturated heterocycles. The van der Waals surface area contributed by atoms with Gasteiger partial charge < -0.3 is 24.6 Å². The molecule has 1 aliphatic heterocycles. The summed E-state index contributed by atoms with van der Waals surface area (Å²) in [4.78, 5) is 48.8. The molecule has 0 radical (unpaired) electrons. The van der Waals surface area contributed by atoms with Gasteiger partial charge >= 0.3 is 5.97 Å². The fourth-order valence-electron chi connectivity index (χ4n) is 5.44. The number of likely N-dealkylation sites (N-methyl/N-ethyl adjacent to an activating group) is 1. The molecule has 0 unspecified atom stereocenters. The number of hydrogen-bond acceptors (Lipinski definition) is 8. The number of nitrogens with one attached hydrogen (secondary N) is 1. The number of carbonyl (C=O) groups is 3. The number of ether oxygens (including phenoxy) is 2. The first-order valence-electron chi connectivity index (χ1n) is 14.0. The van der Waals surface area contributed by atoms with E-state index in [2.05, 4.69) is 15.2 Å². The molecule has 2 amide bonds. The third-order valence-corrected chi connectivity index (χ3v) is 8.98. The molecule has 2 aliphatic rings. The molecule has 224 valence electrons. The van der Waals surface area contributed by atoms with Gasteiger partial charge in [0.05, 0.1) is 36.0 Å². The summed E-state index contributed by atoms with van der Waals surface area (Å²) in [5.41, 5.74) is 0.184. The molecular weight excluding hydrogens is 566 g/mol. The number of benzene rings is 2. The number of piperazine rings is 1. The van der Waals surface area contributed by atoms with Crippen LogP contribution in [0.1, 0.15) is 46.3 Å². The number of carbonyl (C=O) groups excluding carboxylic acids is 3. The minimum atomic E-state index is -1.64. The minimum absolute atomic E-state index is 0.0191. The fourth-order valence-corrected chi connectivity index (χ4v) is 6.35. The molecule has 2 heterocycles. The molecule has 1 aliphatic carbocycles. The van der Waals surface area contributed by atoms with Gasteiger partial charge in [0.2, 0.25) is 5.91 Å². The number of esters is 1. The molecule has 1 N–H and O–H groups in total. The number of thiazole rings is 1. The Bertz CT molecular complexity index is 1490. The number of halogens is 2. The van der Waals surface area contributed by atoms with Gasteiger partial charge in [0.15, 0.2) is 17.0 Å². The Labute approximate surface area is 246 Å². The second-order valence-corrected chi connectivity index (χ2v) is 12.0. The SMILES string of the molecule is CCCCOC(=O)C1(C(=O)NCc2nc3cc(C(=O)N4CCN(C)CC4)c(OC)cc3s2)Cc2cc(F)c(F)cc2C1. The second kappa shape index (κ2) is 12.3. The maximum Gasteiger partial charge on any atom is 0.322 e. The minimum Gasteiger partial charge on any atom is -0.496 e. The van der Waals surface area contributed by atoms with Crippen LogP contribution in [0.5, 0.6) is 5.75 Å². The maximum absolute atomic E-state index is 14.0. The van der Waals surface area contributed by atoms with Crippen molar-refractivity contribution in [1.82, 2.24) is 20.1 Å². The van der Waals surface area contributed by atoms with Crippen LogP contribution < -0.4 is 10.1 Å². The fraction of sp³-hybridized carbons (Fsp3) is 0.467. The molecule has 1 aromatic heterocycles. The summed E-state index contributed by atoms with van der Waals surface area (Å²) in [5.74, 6) is -3.04. The Morgan fingerprint density at radius 3 is 2.33 bits per heavy atom. The molecule has 42 heavy (non-hydrogen) atoms. The van der Waals surface area contributed by atoms with E-state index in [-0.39, 0.29) is 31.9 Å². The van der Waals surface area contributed by atoms with E-state index < -0.39 is 28.9 Å². The molecule has 0 saturated carbocycles. The summed E-state index contributed by atoms with van der Waals surface area (Å²) in [5, 5.41) is 3.37. The monoisotopic (exact) mass is 600 g/mol. The normalized spacial score (nSPS) is 16.4. The number of fused-ring (bicyclic) bond motifs is 2. The lowest BCUT2D eigenvalue weighted by atomic mass is 9.83. The Morgan fingerprint density at radius 2 is 1.71 bits per heavy atom. The predicted octanol–water partition coefficient (Wildman–Crippen LogP) is 3.72. The van der Waals surface area contributed by atoms with Crippen LogP contribution in [-0.4, -0.2) is 79.5 Å². The summed E-state index contributed by atoms with van der Waals surface area (Å²) in [6.07, 6.45) is 1.25. The van der Waals surface area contributed by atoms with Crippen molar-refractivity contribution >= 4 is 39.3 Å². The third kappa shape index (κ3) is 5.82. The average Bonchev–Trinajstić information content (AvgIpc) is 3.56. The molecule has 1 fully saturated rings. The topological polar surface area (TPSA) is 101 Å². The first kappa shape index (κ1) is 29.8. The number of nitrogens with zero attached hydrogens (tertiary/aromatic N) is 3. The lowest BCUT2D eigenvalue weighted by molar-refractivity contribution is -0.161. The second-order valence-electron chi connectivity index (χ2n) is 10.9. The summed E-state index contributed by atoms with van der Waals surface area (Å²) in [6, 6.07) is 5.56. The van der Waals surface area contributed by atoms with E-state index in [0.29, 0.717) is 52.5 Å². The Balaban J connectivity index is 1.35. The van der Waals surface area contributed by atoms with Crippen molar-refractivity contribution in [2.75, 3.05) is 46.9 Å². The summed E-state index contributed by atoms with van der Waals surface area (Å²) >= 11 is 1.33. The van der Waals surface area contributed by atoms with Gasteiger partial charge in [-0.2, -0.15) is 0 Å². The smallest absolute Gasteiger partial charge is 0.322 e. The van der Waals surface area contributed by atoms with Crippen molar-refractivity contribution in [3.8, 4) is 5.75 Å². The molecule has 5 rings (SSSR count). The molecule has 0 atom stereocenters. The average molecular weight is 601 g/mol. The van der Waals surface area contributed by atoms with Crippen molar-refractivity contribution in [2.45, 2.75) is 39.2 Å². The van der Waals surface area contributed by atoms with Crippen LogP contribution in [0.25, 0.3) is 10.2 Å². The Kier molecular flexibility index (Phi) is 8.74. The first-order chi connectivity index (χ1) is 20.1. The zero-order chi connectivity index (χ0) is 30.0. The van der Waals surface area contributed by atoms with Crippen LogP contribution in [0.3, 0.4) is 0 Å². The van der Waals surface area contributed by atoms with Crippen molar-refractivity contribution in [3.63, 3.8) is 0 Å². The van der Waals surface area contributed by atoms with E-state index in [9.17, 15) is 23.2 Å². The number of amides is 2. The highest BCUT2D eigenvalue weighted by atomic mass is 32.1. The highest BCUT2D eigenvalue weighted by Gasteiger charge is 2.52. The van der Waals surface area contributed by atoms with E-state index in [1.807, 2.05) is 14.0 Å². The van der Waals surface area contributed by atoms with Gasteiger partial charge in [-0.3, -0.25) is 14.4 Å². The molecule has 0 spiro atoms. The lowest BCUT2D eigenvalue weighted by Gasteiger charge is -2.32. The van der Waals surface area contributed by atoms with Gasteiger partial charge in [0.25, 0.3) is 5.91 Å². The van der Waals surface area contributed by atoms with Gasteiger partial charge in [-0.25, -0.2) is 13.8 Å². The van der Waals surface area contributed by atoms with Gasteiger partial charge in [-0.1, -0.05) is 13.3 Å². The molecule has 12 heteroatoms. The molecule has 3 aromatic rings. The predicted molar refractivity (Wildman–Crippen MR) is 153 cm³/mol. The van der Waals surface area contributed by atoms with Crippen LogP contribution >= 0.6 is 11.3 Å². The van der Waals surface area contributed by atoms with Gasteiger partial charge in [-0.05, 0) is 55.6 Å². The summed E-state index contributed by atoms with van der Waals surface area (Å²) < 4.78 is 39.7. The first-order valence-corrected chi connectivity index (χ1v) is 14.8. The molecule has 9 nitrogen and oxygen atoms in total. The summed E-state index contributed by atoms with van der Waals surface area (Å²) in [6.45, 7) is 4.95. The highest BCUT2D eigenvalue weighted by Crippen LogP contribution is 2.40. The molecule has 2 aromatic carbocycles. The maximum atomic E-state index is 14.0. The standard InChI is InChI=1S/C30H34F2N4O5S/c1-4-5-10-41-29(39)30(15-18-11-21(31)22(32)12-19(18)16-30)28(38)33-17-26-34-23-13-20(24(40-3)14-25(23)42-26)27(37)36-8-6-35(2)7-9-36/h11-14H,4-10,15-17H2,1-3H3,(H,33,38). The van der Waals surface area contributed by atoms with Crippen LogP contribution in [0.15, 0.2) is 24.3 Å². The number of methoxy groups -OCH3 is 1. The van der Waals surface area contributed by atoms with Crippen LogP contribution in [0, 0.1) is 17.0 Å². The quantitative estimate of drug-likeness (QED) is 0.227. The molecular formula is C30H34F2N4O5S. The lowest BCUT2D eigenvalue weighted by Crippen LogP contribution is -2.48. The number of unbranched alkanes of at least 4 members (excludes halogenated alkanes) is 1. The Hall–Kier alpha value is -3.64.